The molecule has 0 radical (unpaired) electrons. The van der Waals surface area contributed by atoms with Crippen molar-refractivity contribution in [2.75, 3.05) is 13.7 Å². The first kappa shape index (κ1) is 22.2. The number of methoxy groups -OCH3 is 1. The maximum atomic E-state index is 13.8. The van der Waals surface area contributed by atoms with E-state index >= 15 is 0 Å². The van der Waals surface area contributed by atoms with E-state index in [1.165, 1.54) is 16.7 Å². The average molecular weight is 421 g/mol. The maximum Gasteiger partial charge on any atom is 0.325 e. The highest BCUT2D eigenvalue weighted by Crippen LogP contribution is 2.27. The summed E-state index contributed by atoms with van der Waals surface area (Å²) in [5.41, 5.74) is 0.794. The van der Waals surface area contributed by atoms with Gasteiger partial charge in [0, 0.05) is 5.39 Å². The van der Waals surface area contributed by atoms with Crippen LogP contribution in [0.1, 0.15) is 55.3 Å². The van der Waals surface area contributed by atoms with E-state index in [4.69, 9.17) is 4.74 Å². The molecule has 2 aromatic carbocycles. The van der Waals surface area contributed by atoms with Crippen LogP contribution in [0.4, 0.5) is 0 Å². The molecule has 0 aliphatic heterocycles. The molecule has 162 valence electrons. The number of amides is 1. The first-order chi connectivity index (χ1) is 14.9. The number of rotatable bonds is 7. The third-order valence-electron chi connectivity index (χ3n) is 5.26. The van der Waals surface area contributed by atoms with Gasteiger partial charge >= 0.3 is 5.97 Å². The van der Waals surface area contributed by atoms with Crippen molar-refractivity contribution in [2.45, 2.75) is 39.3 Å². The molecule has 7 heteroatoms. The number of aromatic nitrogens is 2. The molecule has 0 saturated heterocycles. The maximum absolute atomic E-state index is 13.8. The number of hydrogen-bond acceptors (Lipinski definition) is 5. The van der Waals surface area contributed by atoms with E-state index in [2.05, 4.69) is 5.10 Å². The summed E-state index contributed by atoms with van der Waals surface area (Å²) in [4.78, 5) is 40.4. The van der Waals surface area contributed by atoms with Gasteiger partial charge in [-0.1, -0.05) is 55.5 Å². The van der Waals surface area contributed by atoms with Gasteiger partial charge in [0.2, 0.25) is 0 Å². The molecule has 1 amide bonds. The van der Waals surface area contributed by atoms with E-state index in [9.17, 15) is 14.4 Å². The first-order valence-electron chi connectivity index (χ1n) is 10.3. The Bertz CT molecular complexity index is 1140. The molecule has 0 fully saturated rings. The molecule has 3 aromatic rings. The van der Waals surface area contributed by atoms with Crippen molar-refractivity contribution >= 4 is 22.6 Å². The van der Waals surface area contributed by atoms with E-state index in [0.29, 0.717) is 17.2 Å². The Morgan fingerprint density at radius 3 is 2.23 bits per heavy atom. The van der Waals surface area contributed by atoms with Gasteiger partial charge in [-0.15, -0.1) is 0 Å². The summed E-state index contributed by atoms with van der Waals surface area (Å²) < 4.78 is 6.17. The Morgan fingerprint density at radius 1 is 1.03 bits per heavy atom. The van der Waals surface area contributed by atoms with Gasteiger partial charge in [-0.05, 0) is 31.9 Å². The Kier molecular flexibility index (Phi) is 6.84. The molecular formula is C24H27N3O4. The molecule has 31 heavy (non-hydrogen) atoms. The van der Waals surface area contributed by atoms with Crippen LogP contribution in [0.2, 0.25) is 0 Å². The van der Waals surface area contributed by atoms with Crippen molar-refractivity contribution in [2.24, 2.45) is 0 Å². The van der Waals surface area contributed by atoms with Crippen LogP contribution < -0.4 is 5.56 Å². The highest BCUT2D eigenvalue weighted by molar-refractivity contribution is 6.05. The van der Waals surface area contributed by atoms with Crippen molar-refractivity contribution < 1.29 is 14.3 Å². The molecule has 0 saturated carbocycles. The van der Waals surface area contributed by atoms with Crippen LogP contribution in [-0.4, -0.2) is 40.2 Å². The van der Waals surface area contributed by atoms with Gasteiger partial charge < -0.3 is 9.64 Å². The second-order valence-electron chi connectivity index (χ2n) is 7.58. The molecule has 3 rings (SSSR count). The standard InChI is InChI=1S/C24H27N3O4/c1-5-20(17-11-7-6-8-12-17)26(15-21(28)31-4)24(30)22-18-13-9-10-14-19(18)23(29)27(25-22)16(2)3/h6-14,16,20H,5,15H2,1-4H3/t20-/m0/s1. The molecule has 1 heterocycles. The van der Waals surface area contributed by atoms with E-state index < -0.39 is 11.9 Å². The van der Waals surface area contributed by atoms with E-state index in [0.717, 1.165) is 5.56 Å². The fourth-order valence-electron chi connectivity index (χ4n) is 3.69. The molecule has 7 nitrogen and oxygen atoms in total. The molecule has 0 aliphatic rings. The largest absolute Gasteiger partial charge is 0.468 e. The van der Waals surface area contributed by atoms with Gasteiger partial charge in [0.1, 0.15) is 6.54 Å². The second-order valence-corrected chi connectivity index (χ2v) is 7.58. The fourth-order valence-corrected chi connectivity index (χ4v) is 3.69. The molecule has 1 aromatic heterocycles. The zero-order chi connectivity index (χ0) is 22.5. The third kappa shape index (κ3) is 4.50. The number of fused-ring (bicyclic) bond motifs is 1. The fraction of sp³-hybridized carbons (Fsp3) is 0.333. The zero-order valence-electron chi connectivity index (χ0n) is 18.2. The highest BCUT2D eigenvalue weighted by atomic mass is 16.5. The summed E-state index contributed by atoms with van der Waals surface area (Å²) in [6.07, 6.45) is 0.592. The monoisotopic (exact) mass is 421 g/mol. The SMILES string of the molecule is CC[C@@H](c1ccccc1)N(CC(=O)OC)C(=O)c1nn(C(C)C)c(=O)c2ccccc12. The molecule has 1 atom stereocenters. The lowest BCUT2D eigenvalue weighted by molar-refractivity contribution is -0.141. The van der Waals surface area contributed by atoms with Gasteiger partial charge in [0.25, 0.3) is 11.5 Å². The Hall–Kier alpha value is -3.48. The third-order valence-corrected chi connectivity index (χ3v) is 5.26. The summed E-state index contributed by atoms with van der Waals surface area (Å²) >= 11 is 0. The van der Waals surface area contributed by atoms with Crippen LogP contribution in [0, 0.1) is 0 Å². The number of ether oxygens (including phenoxy) is 1. The second kappa shape index (κ2) is 9.55. The van der Waals surface area contributed by atoms with Crippen molar-refractivity contribution in [1.29, 1.82) is 0 Å². The van der Waals surface area contributed by atoms with Gasteiger partial charge in [-0.2, -0.15) is 5.10 Å². The molecule has 0 aliphatic carbocycles. The number of carbonyl (C=O) groups is 2. The van der Waals surface area contributed by atoms with Gasteiger partial charge in [0.15, 0.2) is 5.69 Å². The molecular weight excluding hydrogens is 394 g/mol. The van der Waals surface area contributed by atoms with Crippen LogP contribution in [0.15, 0.2) is 59.4 Å². The van der Waals surface area contributed by atoms with E-state index in [1.54, 1.807) is 24.3 Å². The molecule has 0 N–H and O–H groups in total. The summed E-state index contributed by atoms with van der Waals surface area (Å²) in [7, 11) is 1.29. The first-order valence-corrected chi connectivity index (χ1v) is 10.3. The van der Waals surface area contributed by atoms with E-state index in [1.807, 2.05) is 51.1 Å². The zero-order valence-corrected chi connectivity index (χ0v) is 18.2. The van der Waals surface area contributed by atoms with E-state index in [-0.39, 0.29) is 29.9 Å². The minimum Gasteiger partial charge on any atom is -0.468 e. The van der Waals surface area contributed by atoms with Gasteiger partial charge in [-0.25, -0.2) is 4.68 Å². The predicted octanol–water partition coefficient (Wildman–Crippen LogP) is 3.74. The summed E-state index contributed by atoms with van der Waals surface area (Å²) in [5, 5.41) is 5.31. The van der Waals surface area contributed by atoms with Crippen molar-refractivity contribution in [3.63, 3.8) is 0 Å². The molecule has 0 spiro atoms. The van der Waals surface area contributed by atoms with Gasteiger partial charge in [-0.3, -0.25) is 14.4 Å². The number of benzene rings is 2. The smallest absolute Gasteiger partial charge is 0.325 e. The summed E-state index contributed by atoms with van der Waals surface area (Å²) in [6.45, 7) is 5.40. The van der Waals surface area contributed by atoms with Crippen molar-refractivity contribution in [3.8, 4) is 0 Å². The van der Waals surface area contributed by atoms with Crippen LogP contribution >= 0.6 is 0 Å². The lowest BCUT2D eigenvalue weighted by atomic mass is 10.0. The minimum absolute atomic E-state index is 0.141. The molecule has 0 bridgehead atoms. The summed E-state index contributed by atoms with van der Waals surface area (Å²) in [5.74, 6) is -0.948. The predicted molar refractivity (Wildman–Crippen MR) is 119 cm³/mol. The Balaban J connectivity index is 2.20. The lowest BCUT2D eigenvalue weighted by Crippen LogP contribution is -2.40. The van der Waals surface area contributed by atoms with Crippen LogP contribution in [0.25, 0.3) is 10.8 Å². The lowest BCUT2D eigenvalue weighted by Gasteiger charge is -2.31. The number of carbonyl (C=O) groups excluding carboxylic acids is 2. The Labute approximate surface area is 181 Å². The quantitative estimate of drug-likeness (QED) is 0.543. The average Bonchev–Trinajstić information content (AvgIpc) is 2.79. The van der Waals surface area contributed by atoms with Crippen LogP contribution in [-0.2, 0) is 9.53 Å². The minimum atomic E-state index is -0.524. The van der Waals surface area contributed by atoms with Crippen LogP contribution in [0.3, 0.4) is 0 Å². The molecule has 0 unspecified atom stereocenters. The topological polar surface area (TPSA) is 81.5 Å². The highest BCUT2D eigenvalue weighted by Gasteiger charge is 2.30. The Morgan fingerprint density at radius 2 is 1.65 bits per heavy atom. The van der Waals surface area contributed by atoms with Crippen molar-refractivity contribution in [3.05, 3.63) is 76.2 Å². The number of esters is 1. The van der Waals surface area contributed by atoms with Crippen LogP contribution in [0.5, 0.6) is 0 Å². The normalized spacial score (nSPS) is 12.0. The van der Waals surface area contributed by atoms with Crippen molar-refractivity contribution in [1.82, 2.24) is 14.7 Å². The number of nitrogens with zero attached hydrogens (tertiary/aromatic N) is 3. The van der Waals surface area contributed by atoms with Gasteiger partial charge in [0.05, 0.1) is 24.6 Å². The number of hydrogen-bond donors (Lipinski definition) is 0. The summed E-state index contributed by atoms with van der Waals surface area (Å²) in [6, 6.07) is 15.9.